The predicted molar refractivity (Wildman–Crippen MR) is 61.9 cm³/mol. The highest BCUT2D eigenvalue weighted by molar-refractivity contribution is 7.98. The fourth-order valence-electron chi connectivity index (χ4n) is 1.26. The molecule has 14 heavy (non-hydrogen) atoms. The van der Waals surface area contributed by atoms with Crippen LogP contribution < -0.4 is 5.32 Å². The third-order valence-corrected chi connectivity index (χ3v) is 2.64. The number of benzene rings is 1. The summed E-state index contributed by atoms with van der Waals surface area (Å²) >= 11 is 1.69. The Balaban J connectivity index is 2.98. The maximum absolute atomic E-state index is 10.9. The second-order valence-corrected chi connectivity index (χ2v) is 3.98. The normalized spacial score (nSPS) is 9.93. The smallest absolute Gasteiger partial charge is 0.221 e. The molecule has 76 valence electrons. The van der Waals surface area contributed by atoms with Gasteiger partial charge in [-0.05, 0) is 36.4 Å². The van der Waals surface area contributed by atoms with Crippen LogP contribution in [0.4, 0.5) is 5.69 Å². The highest BCUT2D eigenvalue weighted by Gasteiger charge is 2.00. The molecule has 0 aliphatic heterocycles. The number of aryl methyl sites for hydroxylation is 1. The summed E-state index contributed by atoms with van der Waals surface area (Å²) < 4.78 is 0. The van der Waals surface area contributed by atoms with Crippen LogP contribution in [0.2, 0.25) is 0 Å². The van der Waals surface area contributed by atoms with Gasteiger partial charge in [0.1, 0.15) is 0 Å². The molecule has 0 radical (unpaired) electrons. The molecule has 1 rings (SSSR count). The molecule has 0 saturated heterocycles. The molecule has 1 N–H and O–H groups in total. The Morgan fingerprint density at radius 3 is 2.64 bits per heavy atom. The predicted octanol–water partition coefficient (Wildman–Crippen LogP) is 2.93. The number of thioether (sulfide) groups is 1. The number of rotatable bonds is 3. The number of anilines is 1. The highest BCUT2D eigenvalue weighted by atomic mass is 32.2. The van der Waals surface area contributed by atoms with Crippen molar-refractivity contribution < 1.29 is 4.79 Å². The van der Waals surface area contributed by atoms with Crippen LogP contribution >= 0.6 is 11.8 Å². The van der Waals surface area contributed by atoms with E-state index in [4.69, 9.17) is 0 Å². The van der Waals surface area contributed by atoms with Gasteiger partial charge in [0.15, 0.2) is 0 Å². The fraction of sp³-hybridized carbons (Fsp3) is 0.364. The lowest BCUT2D eigenvalue weighted by Gasteiger charge is -2.07. The molecule has 0 spiro atoms. The van der Waals surface area contributed by atoms with Crippen molar-refractivity contribution in [2.24, 2.45) is 0 Å². The molecule has 0 fully saturated rings. The Morgan fingerprint density at radius 2 is 2.14 bits per heavy atom. The quantitative estimate of drug-likeness (QED) is 0.775. The highest BCUT2D eigenvalue weighted by Crippen LogP contribution is 2.22. The molecule has 0 aromatic heterocycles. The van der Waals surface area contributed by atoms with Crippen LogP contribution in [0.5, 0.6) is 0 Å². The first-order valence-electron chi connectivity index (χ1n) is 4.61. The number of carbonyl (C=O) groups excluding carboxylic acids is 1. The summed E-state index contributed by atoms with van der Waals surface area (Å²) in [6, 6.07) is 6.16. The van der Waals surface area contributed by atoms with E-state index >= 15 is 0 Å². The first-order valence-corrected chi connectivity index (χ1v) is 5.83. The van der Waals surface area contributed by atoms with E-state index in [2.05, 4.69) is 18.3 Å². The number of hydrogen-bond donors (Lipinski definition) is 1. The molecule has 0 saturated carbocycles. The van der Waals surface area contributed by atoms with Crippen molar-refractivity contribution in [3.8, 4) is 0 Å². The number of amides is 1. The summed E-state index contributed by atoms with van der Waals surface area (Å²) in [6.45, 7) is 3.63. The van der Waals surface area contributed by atoms with Gasteiger partial charge in [-0.25, -0.2) is 0 Å². The van der Waals surface area contributed by atoms with Crippen LogP contribution in [-0.2, 0) is 11.2 Å². The zero-order chi connectivity index (χ0) is 10.6. The molecular weight excluding hydrogens is 194 g/mol. The molecule has 1 aromatic carbocycles. The molecular formula is C11H15NOS. The monoisotopic (exact) mass is 209 g/mol. The summed E-state index contributed by atoms with van der Waals surface area (Å²) in [6.07, 6.45) is 3.02. The average molecular weight is 209 g/mol. The van der Waals surface area contributed by atoms with E-state index in [1.165, 1.54) is 17.4 Å². The molecule has 0 unspecified atom stereocenters. The van der Waals surface area contributed by atoms with E-state index in [0.717, 1.165) is 12.1 Å². The minimum Gasteiger partial charge on any atom is -0.326 e. The van der Waals surface area contributed by atoms with E-state index in [1.807, 2.05) is 18.4 Å². The lowest BCUT2D eigenvalue weighted by molar-refractivity contribution is -0.114. The van der Waals surface area contributed by atoms with E-state index < -0.39 is 0 Å². The topological polar surface area (TPSA) is 29.1 Å². The lowest BCUT2D eigenvalue weighted by Crippen LogP contribution is -2.06. The van der Waals surface area contributed by atoms with Gasteiger partial charge in [-0.15, -0.1) is 11.8 Å². The van der Waals surface area contributed by atoms with Crippen molar-refractivity contribution in [1.29, 1.82) is 0 Å². The van der Waals surface area contributed by atoms with E-state index in [1.54, 1.807) is 11.8 Å². The third kappa shape index (κ3) is 3.07. The third-order valence-electron chi connectivity index (χ3n) is 1.93. The SMILES string of the molecule is CCc1cc(NC(C)=O)cc(SC)c1. The van der Waals surface area contributed by atoms with Gasteiger partial charge in [0.25, 0.3) is 0 Å². The second-order valence-electron chi connectivity index (χ2n) is 3.10. The fourth-order valence-corrected chi connectivity index (χ4v) is 1.77. The van der Waals surface area contributed by atoms with Gasteiger partial charge in [0.2, 0.25) is 5.91 Å². The first kappa shape index (κ1) is 11.1. The Bertz CT molecular complexity index is 314. The van der Waals surface area contributed by atoms with Gasteiger partial charge >= 0.3 is 0 Å². The minimum absolute atomic E-state index is 0.0229. The van der Waals surface area contributed by atoms with Crippen molar-refractivity contribution >= 4 is 23.4 Å². The molecule has 0 aliphatic carbocycles. The first-order chi connectivity index (χ1) is 6.65. The van der Waals surface area contributed by atoms with Gasteiger partial charge in [-0.2, -0.15) is 0 Å². The molecule has 0 atom stereocenters. The molecule has 2 nitrogen and oxygen atoms in total. The molecule has 1 amide bonds. The van der Waals surface area contributed by atoms with Gasteiger partial charge < -0.3 is 5.32 Å². The standard InChI is InChI=1S/C11H15NOS/c1-4-9-5-10(12-8(2)13)7-11(6-9)14-3/h5-7H,4H2,1-3H3,(H,12,13). The molecule has 0 heterocycles. The number of hydrogen-bond acceptors (Lipinski definition) is 2. The van der Waals surface area contributed by atoms with Gasteiger partial charge in [-0.3, -0.25) is 4.79 Å². The maximum Gasteiger partial charge on any atom is 0.221 e. The van der Waals surface area contributed by atoms with Crippen LogP contribution in [0.15, 0.2) is 23.1 Å². The van der Waals surface area contributed by atoms with Crippen LogP contribution in [0, 0.1) is 0 Å². The lowest BCUT2D eigenvalue weighted by atomic mass is 10.1. The van der Waals surface area contributed by atoms with Crippen molar-refractivity contribution in [1.82, 2.24) is 0 Å². The number of carbonyl (C=O) groups is 1. The molecule has 3 heteroatoms. The summed E-state index contributed by atoms with van der Waals surface area (Å²) in [4.78, 5) is 12.1. The van der Waals surface area contributed by atoms with Crippen LogP contribution in [0.25, 0.3) is 0 Å². The van der Waals surface area contributed by atoms with Crippen molar-refractivity contribution in [3.63, 3.8) is 0 Å². The second kappa shape index (κ2) is 5.05. The van der Waals surface area contributed by atoms with Crippen LogP contribution in [0.1, 0.15) is 19.4 Å². The maximum atomic E-state index is 10.9. The van der Waals surface area contributed by atoms with Gasteiger partial charge in [0.05, 0.1) is 0 Å². The molecule has 0 bridgehead atoms. The zero-order valence-corrected chi connectivity index (χ0v) is 9.57. The molecule has 0 aliphatic rings. The van der Waals surface area contributed by atoms with Gasteiger partial charge in [-0.1, -0.05) is 6.92 Å². The van der Waals surface area contributed by atoms with E-state index in [-0.39, 0.29) is 5.91 Å². The van der Waals surface area contributed by atoms with E-state index in [0.29, 0.717) is 0 Å². The number of nitrogens with one attached hydrogen (secondary N) is 1. The van der Waals surface area contributed by atoms with Gasteiger partial charge in [0, 0.05) is 17.5 Å². The summed E-state index contributed by atoms with van der Waals surface area (Å²) in [5, 5.41) is 2.80. The zero-order valence-electron chi connectivity index (χ0n) is 8.76. The van der Waals surface area contributed by atoms with Crippen LogP contribution in [0.3, 0.4) is 0 Å². The summed E-state index contributed by atoms with van der Waals surface area (Å²) in [5.74, 6) is -0.0229. The minimum atomic E-state index is -0.0229. The Kier molecular flexibility index (Phi) is 4.01. The molecule has 1 aromatic rings. The summed E-state index contributed by atoms with van der Waals surface area (Å²) in [7, 11) is 0. The average Bonchev–Trinajstić information content (AvgIpc) is 2.16. The Morgan fingerprint density at radius 1 is 1.43 bits per heavy atom. The Labute approximate surface area is 89.1 Å². The largest absolute Gasteiger partial charge is 0.326 e. The van der Waals surface area contributed by atoms with Crippen molar-refractivity contribution in [2.45, 2.75) is 25.2 Å². The van der Waals surface area contributed by atoms with E-state index in [9.17, 15) is 4.79 Å². The summed E-state index contributed by atoms with van der Waals surface area (Å²) in [5.41, 5.74) is 2.14. The van der Waals surface area contributed by atoms with Crippen LogP contribution in [-0.4, -0.2) is 12.2 Å². The van der Waals surface area contributed by atoms with Crippen molar-refractivity contribution in [3.05, 3.63) is 23.8 Å². The Hall–Kier alpha value is -0.960. The van der Waals surface area contributed by atoms with Crippen molar-refractivity contribution in [2.75, 3.05) is 11.6 Å².